The molecule has 0 amide bonds. The Morgan fingerprint density at radius 1 is 1.32 bits per heavy atom. The number of methoxy groups -OCH3 is 1. The largest absolute Gasteiger partial charge is 0.469 e. The van der Waals surface area contributed by atoms with Crippen LogP contribution in [0.25, 0.3) is 0 Å². The summed E-state index contributed by atoms with van der Waals surface area (Å²) < 4.78 is 43.1. The second-order valence-corrected chi connectivity index (χ2v) is 4.97. The van der Waals surface area contributed by atoms with Gasteiger partial charge in [-0.15, -0.1) is 0 Å². The predicted molar refractivity (Wildman–Crippen MR) is 63.7 cm³/mol. The first kappa shape index (κ1) is 13.9. The molecule has 0 aliphatic heterocycles. The highest BCUT2D eigenvalue weighted by Crippen LogP contribution is 2.44. The molecule has 0 heterocycles. The lowest BCUT2D eigenvalue weighted by atomic mass is 9.91. The van der Waals surface area contributed by atoms with Crippen LogP contribution in [0.3, 0.4) is 0 Å². The van der Waals surface area contributed by atoms with Crippen LogP contribution in [-0.2, 0) is 15.7 Å². The maximum absolute atomic E-state index is 12.8. The van der Waals surface area contributed by atoms with E-state index < -0.39 is 23.6 Å². The number of benzene rings is 1. The molecule has 1 aromatic rings. The minimum absolute atomic E-state index is 0.107. The molecular formula is C14H15F3O2. The molecule has 1 aliphatic carbocycles. The molecule has 2 rings (SSSR count). The highest BCUT2D eigenvalue weighted by Gasteiger charge is 2.39. The molecule has 1 aromatic carbocycles. The molecule has 1 saturated carbocycles. The summed E-state index contributed by atoms with van der Waals surface area (Å²) >= 11 is 0. The van der Waals surface area contributed by atoms with Crippen molar-refractivity contribution in [2.24, 2.45) is 5.92 Å². The molecule has 1 atom stereocenters. The van der Waals surface area contributed by atoms with Crippen LogP contribution in [0, 0.1) is 12.8 Å². The van der Waals surface area contributed by atoms with E-state index in [0.717, 1.165) is 25.0 Å². The standard InChI is InChI=1S/C14H15F3O2/c1-8-5-10(7-11(6-8)14(15,16)17)12(9-3-4-9)13(18)19-2/h5-7,9,12H,3-4H2,1-2H3. The third kappa shape index (κ3) is 3.08. The fraction of sp³-hybridized carbons (Fsp3) is 0.500. The molecule has 19 heavy (non-hydrogen) atoms. The molecule has 2 nitrogen and oxygen atoms in total. The molecule has 1 aliphatic rings. The number of alkyl halides is 3. The minimum Gasteiger partial charge on any atom is -0.469 e. The monoisotopic (exact) mass is 272 g/mol. The van der Waals surface area contributed by atoms with Gasteiger partial charge in [0.15, 0.2) is 0 Å². The first-order chi connectivity index (χ1) is 8.82. The molecule has 1 fully saturated rings. The number of esters is 1. The van der Waals surface area contributed by atoms with Gasteiger partial charge in [0.2, 0.25) is 0 Å². The zero-order valence-corrected chi connectivity index (χ0v) is 10.8. The van der Waals surface area contributed by atoms with Gasteiger partial charge >= 0.3 is 12.1 Å². The topological polar surface area (TPSA) is 26.3 Å². The van der Waals surface area contributed by atoms with Crippen molar-refractivity contribution < 1.29 is 22.7 Å². The van der Waals surface area contributed by atoms with Crippen LogP contribution in [0.5, 0.6) is 0 Å². The molecule has 104 valence electrons. The summed E-state index contributed by atoms with van der Waals surface area (Å²) in [6.45, 7) is 1.60. The third-order valence-electron chi connectivity index (χ3n) is 3.33. The number of carbonyl (C=O) groups is 1. The summed E-state index contributed by atoms with van der Waals surface area (Å²) in [5.41, 5.74) is 0.193. The number of ether oxygens (including phenoxy) is 1. The van der Waals surface area contributed by atoms with E-state index >= 15 is 0 Å². The molecular weight excluding hydrogens is 257 g/mol. The Morgan fingerprint density at radius 3 is 2.42 bits per heavy atom. The minimum atomic E-state index is -4.40. The van der Waals surface area contributed by atoms with Crippen LogP contribution < -0.4 is 0 Å². The van der Waals surface area contributed by atoms with Crippen LogP contribution in [-0.4, -0.2) is 13.1 Å². The average Bonchev–Trinajstić information content (AvgIpc) is 3.11. The highest BCUT2D eigenvalue weighted by molar-refractivity contribution is 5.79. The second kappa shape index (κ2) is 4.87. The number of rotatable bonds is 3. The zero-order valence-electron chi connectivity index (χ0n) is 10.8. The van der Waals surface area contributed by atoms with Gasteiger partial charge < -0.3 is 4.74 Å². The lowest BCUT2D eigenvalue weighted by Crippen LogP contribution is -2.17. The van der Waals surface area contributed by atoms with Crippen molar-refractivity contribution in [3.63, 3.8) is 0 Å². The number of halogens is 3. The first-order valence-corrected chi connectivity index (χ1v) is 6.09. The van der Waals surface area contributed by atoms with Crippen molar-refractivity contribution in [2.45, 2.75) is 31.9 Å². The summed E-state index contributed by atoms with van der Waals surface area (Å²) in [7, 11) is 1.26. The average molecular weight is 272 g/mol. The Labute approximate surface area is 109 Å². The first-order valence-electron chi connectivity index (χ1n) is 6.09. The van der Waals surface area contributed by atoms with Gasteiger partial charge in [-0.05, 0) is 43.4 Å². The van der Waals surface area contributed by atoms with E-state index in [2.05, 4.69) is 0 Å². The van der Waals surface area contributed by atoms with E-state index in [1.807, 2.05) is 0 Å². The molecule has 5 heteroatoms. The van der Waals surface area contributed by atoms with E-state index in [0.29, 0.717) is 11.1 Å². The quantitative estimate of drug-likeness (QED) is 0.784. The number of hydrogen-bond donors (Lipinski definition) is 0. The smallest absolute Gasteiger partial charge is 0.416 e. The Hall–Kier alpha value is -1.52. The summed E-state index contributed by atoms with van der Waals surface area (Å²) in [5, 5.41) is 0. The van der Waals surface area contributed by atoms with Crippen molar-refractivity contribution in [1.29, 1.82) is 0 Å². The normalized spacial score (nSPS) is 17.1. The van der Waals surface area contributed by atoms with Crippen LogP contribution in [0.4, 0.5) is 13.2 Å². The van der Waals surface area contributed by atoms with Crippen LogP contribution in [0.1, 0.15) is 35.4 Å². The van der Waals surface area contributed by atoms with Crippen molar-refractivity contribution in [3.8, 4) is 0 Å². The van der Waals surface area contributed by atoms with Gasteiger partial charge in [0.1, 0.15) is 0 Å². The summed E-state index contributed by atoms with van der Waals surface area (Å²) in [4.78, 5) is 11.8. The second-order valence-electron chi connectivity index (χ2n) is 4.97. The summed E-state index contributed by atoms with van der Waals surface area (Å²) in [6, 6.07) is 3.78. The molecule has 0 bridgehead atoms. The van der Waals surface area contributed by atoms with Gasteiger partial charge in [0.25, 0.3) is 0 Å². The molecule has 0 saturated heterocycles. The van der Waals surface area contributed by atoms with Crippen molar-refractivity contribution in [2.75, 3.05) is 7.11 Å². The van der Waals surface area contributed by atoms with Gasteiger partial charge in [-0.2, -0.15) is 13.2 Å². The highest BCUT2D eigenvalue weighted by atomic mass is 19.4. The van der Waals surface area contributed by atoms with Crippen molar-refractivity contribution in [1.82, 2.24) is 0 Å². The van der Waals surface area contributed by atoms with Crippen LogP contribution >= 0.6 is 0 Å². The fourth-order valence-electron chi connectivity index (χ4n) is 2.31. The van der Waals surface area contributed by atoms with Gasteiger partial charge in [-0.3, -0.25) is 4.79 Å². The molecule has 0 aromatic heterocycles. The Kier molecular flexibility index (Phi) is 3.56. The van der Waals surface area contributed by atoms with Crippen LogP contribution in [0.15, 0.2) is 18.2 Å². The van der Waals surface area contributed by atoms with E-state index in [-0.39, 0.29) is 5.92 Å². The summed E-state index contributed by atoms with van der Waals surface area (Å²) in [5.74, 6) is -0.928. The van der Waals surface area contributed by atoms with E-state index in [4.69, 9.17) is 4.74 Å². The Morgan fingerprint density at radius 2 is 1.95 bits per heavy atom. The fourth-order valence-corrected chi connectivity index (χ4v) is 2.31. The third-order valence-corrected chi connectivity index (χ3v) is 3.33. The van der Waals surface area contributed by atoms with Gasteiger partial charge in [-0.25, -0.2) is 0 Å². The number of aryl methyl sites for hydroxylation is 1. The van der Waals surface area contributed by atoms with Gasteiger partial charge in [-0.1, -0.05) is 11.6 Å². The van der Waals surface area contributed by atoms with E-state index in [1.165, 1.54) is 7.11 Å². The zero-order chi connectivity index (χ0) is 14.2. The van der Waals surface area contributed by atoms with Gasteiger partial charge in [0, 0.05) is 0 Å². The maximum Gasteiger partial charge on any atom is 0.416 e. The van der Waals surface area contributed by atoms with Crippen molar-refractivity contribution in [3.05, 3.63) is 34.9 Å². The lowest BCUT2D eigenvalue weighted by Gasteiger charge is -2.17. The molecule has 0 radical (unpaired) electrons. The van der Waals surface area contributed by atoms with Crippen LogP contribution in [0.2, 0.25) is 0 Å². The summed E-state index contributed by atoms with van der Waals surface area (Å²) in [6.07, 6.45) is -2.69. The number of hydrogen-bond acceptors (Lipinski definition) is 2. The SMILES string of the molecule is COC(=O)C(c1cc(C)cc(C(F)(F)F)c1)C1CC1. The molecule has 1 unspecified atom stereocenters. The lowest BCUT2D eigenvalue weighted by molar-refractivity contribution is -0.143. The van der Waals surface area contributed by atoms with E-state index in [1.54, 1.807) is 13.0 Å². The molecule has 0 spiro atoms. The molecule has 0 N–H and O–H groups in total. The maximum atomic E-state index is 12.8. The van der Waals surface area contributed by atoms with Crippen molar-refractivity contribution >= 4 is 5.97 Å². The Bertz CT molecular complexity index is 490. The van der Waals surface area contributed by atoms with Gasteiger partial charge in [0.05, 0.1) is 18.6 Å². The number of carbonyl (C=O) groups excluding carboxylic acids is 1. The predicted octanol–water partition coefficient (Wildman–Crippen LogP) is 3.68. The van der Waals surface area contributed by atoms with E-state index in [9.17, 15) is 18.0 Å². The Balaban J connectivity index is 2.42.